The van der Waals surface area contributed by atoms with Crippen LogP contribution in [0.3, 0.4) is 0 Å². The molecule has 8 nitrogen and oxygen atoms in total. The molecule has 1 amide bonds. The molecule has 0 spiro atoms. The summed E-state index contributed by atoms with van der Waals surface area (Å²) in [5, 5.41) is 0. The molecule has 9 heteroatoms. The topological polar surface area (TPSA) is 83.0 Å². The molecule has 1 aromatic rings. The van der Waals surface area contributed by atoms with Crippen molar-refractivity contribution in [2.24, 2.45) is 0 Å². The van der Waals surface area contributed by atoms with Crippen LogP contribution in [0.1, 0.15) is 34.6 Å². The van der Waals surface area contributed by atoms with Crippen LogP contribution in [0.25, 0.3) is 0 Å². The number of carbonyl (C=O) groups is 1. The number of nitrogens with zero attached hydrogens (tertiary/aromatic N) is 3. The number of carbonyl (C=O) groups excluding carboxylic acids is 1. The fraction of sp³-hybridized carbons (Fsp3) is 0.688. The van der Waals surface area contributed by atoms with E-state index in [1.54, 1.807) is 4.90 Å². The normalized spacial score (nSPS) is 19.6. The third kappa shape index (κ3) is 4.72. The van der Waals surface area contributed by atoms with E-state index in [1.807, 2.05) is 34.6 Å². The molecule has 1 fully saturated rings. The van der Waals surface area contributed by atoms with Gasteiger partial charge in [-0.15, -0.1) is 0 Å². The van der Waals surface area contributed by atoms with Gasteiger partial charge in [-0.3, -0.25) is 4.90 Å². The molecule has 0 N–H and O–H groups in total. The second-order valence-electron chi connectivity index (χ2n) is 7.08. The lowest BCUT2D eigenvalue weighted by Gasteiger charge is -2.34. The van der Waals surface area contributed by atoms with Crippen LogP contribution in [-0.4, -0.2) is 58.7 Å². The van der Waals surface area contributed by atoms with Gasteiger partial charge in [-0.05, 0) is 50.5 Å². The number of methoxy groups -OCH3 is 1. The second-order valence-corrected chi connectivity index (χ2v) is 7.87. The van der Waals surface area contributed by atoms with Crippen LogP contribution in [0.15, 0.2) is 10.8 Å². The minimum absolute atomic E-state index is 0.196. The predicted octanol–water partition coefficient (Wildman–Crippen LogP) is 3.00. The Morgan fingerprint density at radius 2 is 2.04 bits per heavy atom. The Labute approximate surface area is 155 Å². The van der Waals surface area contributed by atoms with Crippen LogP contribution in [-0.2, 0) is 9.47 Å². The number of hydrogen-bond acceptors (Lipinski definition) is 7. The van der Waals surface area contributed by atoms with Gasteiger partial charge in [0.05, 0.1) is 19.8 Å². The highest BCUT2D eigenvalue weighted by Crippen LogP contribution is 2.32. The van der Waals surface area contributed by atoms with Crippen molar-refractivity contribution >= 4 is 22.0 Å². The number of halogens is 1. The van der Waals surface area contributed by atoms with Crippen molar-refractivity contribution in [1.29, 1.82) is 0 Å². The Morgan fingerprint density at radius 3 is 2.64 bits per heavy atom. The van der Waals surface area contributed by atoms with Gasteiger partial charge in [0.25, 0.3) is 0 Å². The molecule has 1 aliphatic rings. The molecule has 0 aromatic carbocycles. The van der Waals surface area contributed by atoms with Crippen molar-refractivity contribution in [1.82, 2.24) is 14.9 Å². The maximum absolute atomic E-state index is 12.6. The smallest absolute Gasteiger partial charge is 0.413 e. The average Bonchev–Trinajstić information content (AvgIpc) is 2.79. The summed E-state index contributed by atoms with van der Waals surface area (Å²) >= 11 is 3.35. The summed E-state index contributed by atoms with van der Waals surface area (Å²) in [6.07, 6.45) is 0.905. The molecule has 2 heterocycles. The fourth-order valence-electron chi connectivity index (χ4n) is 2.44. The Balaban J connectivity index is 2.11. The van der Waals surface area contributed by atoms with Crippen molar-refractivity contribution in [3.05, 3.63) is 10.8 Å². The highest BCUT2D eigenvalue weighted by atomic mass is 79.9. The molecule has 25 heavy (non-hydrogen) atoms. The van der Waals surface area contributed by atoms with Crippen LogP contribution >= 0.6 is 15.9 Å². The highest BCUT2D eigenvalue weighted by Gasteiger charge is 2.46. The van der Waals surface area contributed by atoms with E-state index < -0.39 is 17.4 Å². The Hall–Kier alpha value is -1.61. The Bertz CT molecular complexity index is 633. The molecule has 1 saturated heterocycles. The summed E-state index contributed by atoms with van der Waals surface area (Å²) in [5.41, 5.74) is -1.37. The van der Waals surface area contributed by atoms with Crippen LogP contribution in [0.2, 0.25) is 0 Å². The molecule has 1 aromatic heterocycles. The first-order valence-corrected chi connectivity index (χ1v) is 8.68. The van der Waals surface area contributed by atoms with E-state index in [0.717, 1.165) is 0 Å². The third-order valence-electron chi connectivity index (χ3n) is 3.50. The van der Waals surface area contributed by atoms with Crippen LogP contribution in [0.4, 0.5) is 4.79 Å². The van der Waals surface area contributed by atoms with Crippen molar-refractivity contribution < 1.29 is 23.7 Å². The molecule has 0 aliphatic carbocycles. The standard InChI is InChI=1S/C16H24BrN3O5/c1-15(2,3)25-14(21)20-10(8-24-16(20,4)5)7-23-13-11(17)12(22-6)18-9-19-13/h9-10H,7-8H2,1-6H3/t10-/m1/s1. The summed E-state index contributed by atoms with van der Waals surface area (Å²) in [7, 11) is 1.51. The fourth-order valence-corrected chi connectivity index (χ4v) is 2.92. The first kappa shape index (κ1) is 19.7. The third-order valence-corrected chi connectivity index (χ3v) is 4.17. The summed E-state index contributed by atoms with van der Waals surface area (Å²) in [5.74, 6) is 0.706. The van der Waals surface area contributed by atoms with E-state index in [2.05, 4.69) is 25.9 Å². The minimum atomic E-state index is -0.781. The van der Waals surface area contributed by atoms with Gasteiger partial charge in [0.2, 0.25) is 11.8 Å². The van der Waals surface area contributed by atoms with E-state index in [4.69, 9.17) is 18.9 Å². The molecule has 1 aliphatic heterocycles. The summed E-state index contributed by atoms with van der Waals surface area (Å²) in [6, 6.07) is -0.308. The molecule has 0 bridgehead atoms. The lowest BCUT2D eigenvalue weighted by Crippen LogP contribution is -2.51. The van der Waals surface area contributed by atoms with Crippen LogP contribution < -0.4 is 9.47 Å². The SMILES string of the molecule is COc1ncnc(OC[C@@H]2COC(C)(C)N2C(=O)OC(C)(C)C)c1Br. The first-order valence-electron chi connectivity index (χ1n) is 7.88. The number of amides is 1. The maximum atomic E-state index is 12.6. The van der Waals surface area contributed by atoms with Crippen molar-refractivity contribution in [2.75, 3.05) is 20.3 Å². The largest absolute Gasteiger partial charge is 0.480 e. The number of hydrogen-bond donors (Lipinski definition) is 0. The van der Waals surface area contributed by atoms with Crippen molar-refractivity contribution in [3.8, 4) is 11.8 Å². The van der Waals surface area contributed by atoms with Gasteiger partial charge in [0.1, 0.15) is 28.7 Å². The van der Waals surface area contributed by atoms with E-state index in [1.165, 1.54) is 13.4 Å². The lowest BCUT2D eigenvalue weighted by molar-refractivity contribution is -0.0637. The second kappa shape index (κ2) is 7.33. The summed E-state index contributed by atoms with van der Waals surface area (Å²) in [4.78, 5) is 22.2. The van der Waals surface area contributed by atoms with Gasteiger partial charge < -0.3 is 18.9 Å². The highest BCUT2D eigenvalue weighted by molar-refractivity contribution is 9.10. The van der Waals surface area contributed by atoms with Gasteiger partial charge >= 0.3 is 6.09 Å². The Kier molecular flexibility index (Phi) is 5.78. The van der Waals surface area contributed by atoms with Crippen LogP contribution in [0.5, 0.6) is 11.8 Å². The van der Waals surface area contributed by atoms with E-state index in [0.29, 0.717) is 22.8 Å². The van der Waals surface area contributed by atoms with Gasteiger partial charge in [-0.25, -0.2) is 14.8 Å². The number of aromatic nitrogens is 2. The quantitative estimate of drug-likeness (QED) is 0.744. The molecule has 140 valence electrons. The number of rotatable bonds is 4. The average molecular weight is 418 g/mol. The molecule has 2 rings (SSSR count). The zero-order valence-corrected chi connectivity index (χ0v) is 16.9. The van der Waals surface area contributed by atoms with Crippen molar-refractivity contribution in [3.63, 3.8) is 0 Å². The monoisotopic (exact) mass is 417 g/mol. The van der Waals surface area contributed by atoms with Crippen LogP contribution in [0, 0.1) is 0 Å². The zero-order valence-electron chi connectivity index (χ0n) is 15.3. The zero-order chi connectivity index (χ0) is 18.8. The minimum Gasteiger partial charge on any atom is -0.480 e. The van der Waals surface area contributed by atoms with Gasteiger partial charge in [-0.1, -0.05) is 0 Å². The van der Waals surface area contributed by atoms with E-state index in [-0.39, 0.29) is 12.6 Å². The first-order chi connectivity index (χ1) is 11.5. The van der Waals surface area contributed by atoms with Crippen molar-refractivity contribution in [2.45, 2.75) is 52.0 Å². The number of ether oxygens (including phenoxy) is 4. The molecule has 0 unspecified atom stereocenters. The van der Waals surface area contributed by atoms with E-state index >= 15 is 0 Å². The summed E-state index contributed by atoms with van der Waals surface area (Å²) < 4.78 is 22.6. The molecular weight excluding hydrogens is 394 g/mol. The lowest BCUT2D eigenvalue weighted by atomic mass is 10.2. The molecule has 0 radical (unpaired) electrons. The molecule has 1 atom stereocenters. The summed E-state index contributed by atoms with van der Waals surface area (Å²) in [6.45, 7) is 9.65. The van der Waals surface area contributed by atoms with Gasteiger partial charge in [0, 0.05) is 0 Å². The maximum Gasteiger partial charge on any atom is 0.413 e. The van der Waals surface area contributed by atoms with E-state index in [9.17, 15) is 4.79 Å². The van der Waals surface area contributed by atoms with Gasteiger partial charge in [0.15, 0.2) is 0 Å². The Morgan fingerprint density at radius 1 is 1.40 bits per heavy atom. The molecular formula is C16H24BrN3O5. The molecule has 0 saturated carbocycles. The predicted molar refractivity (Wildman–Crippen MR) is 93.7 cm³/mol. The van der Waals surface area contributed by atoms with Gasteiger partial charge in [-0.2, -0.15) is 0 Å².